The Hall–Kier alpha value is -3.15. The maximum atomic E-state index is 11.4. The van der Waals surface area contributed by atoms with Gasteiger partial charge in [-0.3, -0.25) is 0 Å². The van der Waals surface area contributed by atoms with Crippen molar-refractivity contribution in [2.45, 2.75) is 44.8 Å². The summed E-state index contributed by atoms with van der Waals surface area (Å²) in [4.78, 5) is 11.4. The van der Waals surface area contributed by atoms with Crippen LogP contribution >= 0.6 is 0 Å². The minimum absolute atomic E-state index is 0.0655. The van der Waals surface area contributed by atoms with Gasteiger partial charge in [-0.1, -0.05) is 60.7 Å². The predicted octanol–water partition coefficient (Wildman–Crippen LogP) is 5.18. The van der Waals surface area contributed by atoms with Gasteiger partial charge in [0.1, 0.15) is 18.5 Å². The summed E-state index contributed by atoms with van der Waals surface area (Å²) in [6.07, 6.45) is 2.34. The number of β-amino-alcohol motifs (C(OH)–C–C–N with tert-alkyl or cyclic N) is 1. The summed E-state index contributed by atoms with van der Waals surface area (Å²) in [5.41, 5.74) is 3.09. The second kappa shape index (κ2) is 11.6. The molecule has 0 aromatic heterocycles. The molecule has 0 bridgehead atoms. The second-order valence-electron chi connectivity index (χ2n) is 8.95. The van der Waals surface area contributed by atoms with Gasteiger partial charge in [0.25, 0.3) is 0 Å². The van der Waals surface area contributed by atoms with Crippen LogP contribution in [0, 0.1) is 0 Å². The second-order valence-corrected chi connectivity index (χ2v) is 8.95. The zero-order valence-electron chi connectivity index (χ0n) is 19.3. The summed E-state index contributed by atoms with van der Waals surface area (Å²) in [6.45, 7) is 4.72. The lowest BCUT2D eigenvalue weighted by Crippen LogP contribution is -2.44. The number of carboxylic acid groups (broad SMARTS) is 1. The zero-order valence-corrected chi connectivity index (χ0v) is 19.3. The summed E-state index contributed by atoms with van der Waals surface area (Å²) in [5, 5.41) is 23.3. The van der Waals surface area contributed by atoms with Crippen molar-refractivity contribution >= 4 is 5.97 Å². The molecule has 0 heterocycles. The summed E-state index contributed by atoms with van der Waals surface area (Å²) in [6, 6.07) is 24.9. The van der Waals surface area contributed by atoms with Crippen LogP contribution in [0.2, 0.25) is 0 Å². The quantitative estimate of drug-likeness (QED) is 0.356. The van der Waals surface area contributed by atoms with E-state index in [9.17, 15) is 15.0 Å². The lowest BCUT2D eigenvalue weighted by Gasteiger charge is -2.28. The van der Waals surface area contributed by atoms with E-state index in [2.05, 4.69) is 43.4 Å². The van der Waals surface area contributed by atoms with Gasteiger partial charge in [0.15, 0.2) is 0 Å². The van der Waals surface area contributed by atoms with Gasteiger partial charge < -0.3 is 20.3 Å². The molecule has 0 aliphatic heterocycles. The first-order chi connectivity index (χ1) is 15.8. The Labute approximate surface area is 196 Å². The average Bonchev–Trinajstić information content (AvgIpc) is 2.82. The SMILES string of the molecule is CC(C)(CCCc1ccccc1)NC[C@@H](O)COc1cc(C(=O)O)ccc1-c1ccccc1. The summed E-state index contributed by atoms with van der Waals surface area (Å²) < 4.78 is 5.90. The number of aliphatic hydroxyl groups excluding tert-OH is 1. The zero-order chi connectivity index (χ0) is 23.7. The number of ether oxygens (including phenoxy) is 1. The topological polar surface area (TPSA) is 78.8 Å². The third-order valence-electron chi connectivity index (χ3n) is 5.67. The van der Waals surface area contributed by atoms with Crippen LogP contribution in [0.25, 0.3) is 11.1 Å². The standard InChI is InChI=1S/C28H33NO4/c1-28(2,17-9-12-21-10-5-3-6-11-21)29-19-24(30)20-33-26-18-23(27(31)32)15-16-25(26)22-13-7-4-8-14-22/h3-8,10-11,13-16,18,24,29-30H,9,12,17,19-20H2,1-2H3,(H,31,32)/t24-/m1/s1. The number of nitrogens with one attached hydrogen (secondary N) is 1. The van der Waals surface area contributed by atoms with Crippen molar-refractivity contribution in [2.75, 3.05) is 13.2 Å². The number of benzene rings is 3. The largest absolute Gasteiger partial charge is 0.490 e. The fourth-order valence-electron chi connectivity index (χ4n) is 3.74. The van der Waals surface area contributed by atoms with Gasteiger partial charge >= 0.3 is 5.97 Å². The molecule has 33 heavy (non-hydrogen) atoms. The molecule has 3 rings (SSSR count). The summed E-state index contributed by atoms with van der Waals surface area (Å²) in [5.74, 6) is -0.568. The molecule has 0 aliphatic rings. The minimum atomic E-state index is -1.01. The molecule has 3 aromatic rings. The van der Waals surface area contributed by atoms with E-state index in [0.717, 1.165) is 30.4 Å². The molecule has 0 spiro atoms. The van der Waals surface area contributed by atoms with E-state index in [1.54, 1.807) is 12.1 Å². The van der Waals surface area contributed by atoms with Crippen molar-refractivity contribution in [1.29, 1.82) is 0 Å². The van der Waals surface area contributed by atoms with Crippen LogP contribution in [0.5, 0.6) is 5.75 Å². The van der Waals surface area contributed by atoms with E-state index in [1.165, 1.54) is 11.6 Å². The van der Waals surface area contributed by atoms with Crippen molar-refractivity contribution in [1.82, 2.24) is 5.32 Å². The molecule has 0 unspecified atom stereocenters. The number of hydrogen-bond acceptors (Lipinski definition) is 4. The van der Waals surface area contributed by atoms with Crippen LogP contribution in [0.4, 0.5) is 0 Å². The molecule has 5 nitrogen and oxygen atoms in total. The first kappa shape index (κ1) is 24.5. The van der Waals surface area contributed by atoms with Gasteiger partial charge in [-0.25, -0.2) is 4.79 Å². The van der Waals surface area contributed by atoms with Crippen molar-refractivity contribution in [3.8, 4) is 16.9 Å². The number of aliphatic hydroxyl groups is 1. The summed E-state index contributed by atoms with van der Waals surface area (Å²) >= 11 is 0. The maximum absolute atomic E-state index is 11.4. The van der Waals surface area contributed by atoms with Crippen LogP contribution in [0.3, 0.4) is 0 Å². The highest BCUT2D eigenvalue weighted by Crippen LogP contribution is 2.31. The number of hydrogen-bond donors (Lipinski definition) is 3. The lowest BCUT2D eigenvalue weighted by atomic mass is 9.95. The Kier molecular flexibility index (Phi) is 8.64. The molecule has 0 radical (unpaired) electrons. The van der Waals surface area contributed by atoms with E-state index < -0.39 is 12.1 Å². The molecule has 0 aliphatic carbocycles. The van der Waals surface area contributed by atoms with Crippen LogP contribution in [0.15, 0.2) is 78.9 Å². The number of carbonyl (C=O) groups is 1. The molecule has 1 atom stereocenters. The fraction of sp³-hybridized carbons (Fsp3) is 0.321. The van der Waals surface area contributed by atoms with Crippen molar-refractivity contribution in [3.05, 3.63) is 90.0 Å². The third kappa shape index (κ3) is 7.74. The van der Waals surface area contributed by atoms with E-state index in [-0.39, 0.29) is 17.7 Å². The predicted molar refractivity (Wildman–Crippen MR) is 132 cm³/mol. The Morgan fingerprint density at radius 2 is 1.67 bits per heavy atom. The monoisotopic (exact) mass is 447 g/mol. The highest BCUT2D eigenvalue weighted by molar-refractivity contribution is 5.89. The molecule has 0 amide bonds. The molecular formula is C28H33NO4. The molecule has 0 fully saturated rings. The van der Waals surface area contributed by atoms with E-state index in [4.69, 9.17) is 4.74 Å². The van der Waals surface area contributed by atoms with Crippen LogP contribution < -0.4 is 10.1 Å². The lowest BCUT2D eigenvalue weighted by molar-refractivity contribution is 0.0695. The minimum Gasteiger partial charge on any atom is -0.490 e. The van der Waals surface area contributed by atoms with Gasteiger partial charge in [0, 0.05) is 17.6 Å². The Bertz CT molecular complexity index is 1020. The number of rotatable bonds is 12. The van der Waals surface area contributed by atoms with Crippen LogP contribution in [0.1, 0.15) is 42.6 Å². The van der Waals surface area contributed by atoms with E-state index in [1.807, 2.05) is 36.4 Å². The normalized spacial score (nSPS) is 12.3. The number of aryl methyl sites for hydroxylation is 1. The molecule has 5 heteroatoms. The highest BCUT2D eigenvalue weighted by atomic mass is 16.5. The average molecular weight is 448 g/mol. The first-order valence-corrected chi connectivity index (χ1v) is 11.4. The first-order valence-electron chi connectivity index (χ1n) is 11.4. The maximum Gasteiger partial charge on any atom is 0.335 e. The Morgan fingerprint density at radius 3 is 2.33 bits per heavy atom. The Morgan fingerprint density at radius 1 is 1.00 bits per heavy atom. The van der Waals surface area contributed by atoms with Gasteiger partial charge in [0.2, 0.25) is 0 Å². The Balaban J connectivity index is 1.53. The van der Waals surface area contributed by atoms with E-state index in [0.29, 0.717) is 12.3 Å². The van der Waals surface area contributed by atoms with Crippen molar-refractivity contribution < 1.29 is 19.7 Å². The third-order valence-corrected chi connectivity index (χ3v) is 5.67. The van der Waals surface area contributed by atoms with Gasteiger partial charge in [-0.05, 0) is 62.4 Å². The molecule has 174 valence electrons. The molecule has 0 saturated heterocycles. The van der Waals surface area contributed by atoms with Gasteiger partial charge in [0.05, 0.1) is 5.56 Å². The fourth-order valence-corrected chi connectivity index (χ4v) is 3.74. The van der Waals surface area contributed by atoms with Crippen molar-refractivity contribution in [3.63, 3.8) is 0 Å². The van der Waals surface area contributed by atoms with Crippen molar-refractivity contribution in [2.24, 2.45) is 0 Å². The van der Waals surface area contributed by atoms with Gasteiger partial charge in [-0.2, -0.15) is 0 Å². The smallest absolute Gasteiger partial charge is 0.335 e. The summed E-state index contributed by atoms with van der Waals surface area (Å²) in [7, 11) is 0. The van der Waals surface area contributed by atoms with Crippen LogP contribution in [-0.2, 0) is 6.42 Å². The van der Waals surface area contributed by atoms with Gasteiger partial charge in [-0.15, -0.1) is 0 Å². The van der Waals surface area contributed by atoms with E-state index >= 15 is 0 Å². The molecular weight excluding hydrogens is 414 g/mol. The van der Waals surface area contributed by atoms with Crippen LogP contribution in [-0.4, -0.2) is 41.0 Å². The molecule has 3 N–H and O–H groups in total. The molecule has 0 saturated carbocycles. The molecule has 3 aromatic carbocycles. The highest BCUT2D eigenvalue weighted by Gasteiger charge is 2.19. The number of aromatic carboxylic acids is 1. The number of carboxylic acids is 1.